The maximum absolute atomic E-state index is 13.6. The summed E-state index contributed by atoms with van der Waals surface area (Å²) >= 11 is 0. The number of hydrogen-bond donors (Lipinski definition) is 3. The number of aromatic nitrogens is 2. The van der Waals surface area contributed by atoms with Crippen LogP contribution in [0.25, 0.3) is 0 Å². The molecule has 0 bridgehead atoms. The Hall–Kier alpha value is -3.75. The van der Waals surface area contributed by atoms with Crippen LogP contribution in [0, 0.1) is 18.6 Å². The Kier molecular flexibility index (Phi) is 5.89. The number of anilines is 2. The Morgan fingerprint density at radius 2 is 2.00 bits per heavy atom. The van der Waals surface area contributed by atoms with Crippen molar-refractivity contribution in [2.24, 2.45) is 0 Å². The van der Waals surface area contributed by atoms with Crippen molar-refractivity contribution < 1.29 is 13.6 Å². The zero-order chi connectivity index (χ0) is 22.8. The van der Waals surface area contributed by atoms with Crippen molar-refractivity contribution in [3.63, 3.8) is 0 Å². The van der Waals surface area contributed by atoms with Crippen LogP contribution >= 0.6 is 0 Å². The van der Waals surface area contributed by atoms with Gasteiger partial charge in [0.2, 0.25) is 5.91 Å². The lowest BCUT2D eigenvalue weighted by Crippen LogP contribution is -2.36. The molecule has 1 atom stereocenters. The summed E-state index contributed by atoms with van der Waals surface area (Å²) in [6, 6.07) is 8.29. The van der Waals surface area contributed by atoms with Crippen molar-refractivity contribution in [2.45, 2.75) is 38.9 Å². The molecule has 166 valence electrons. The normalized spacial score (nSPS) is 14.8. The third kappa shape index (κ3) is 4.46. The van der Waals surface area contributed by atoms with Gasteiger partial charge in [-0.05, 0) is 60.7 Å². The van der Waals surface area contributed by atoms with Crippen LogP contribution in [0.5, 0.6) is 0 Å². The molecule has 0 saturated carbocycles. The summed E-state index contributed by atoms with van der Waals surface area (Å²) in [4.78, 5) is 30.0. The first kappa shape index (κ1) is 21.5. The lowest BCUT2D eigenvalue weighted by atomic mass is 10.1. The fraction of sp³-hybridized carbons (Fsp3) is 0.261. The Morgan fingerprint density at radius 1 is 1.19 bits per heavy atom. The topological polar surface area (TPSA) is 102 Å². The van der Waals surface area contributed by atoms with Crippen LogP contribution in [0.3, 0.4) is 0 Å². The number of nitrogens with zero attached hydrogens (tertiary/aromatic N) is 2. The Bertz CT molecular complexity index is 1220. The van der Waals surface area contributed by atoms with E-state index in [1.165, 1.54) is 28.8 Å². The number of fused-ring (bicyclic) bond motifs is 1. The summed E-state index contributed by atoms with van der Waals surface area (Å²) in [5.74, 6) is -1.13. The van der Waals surface area contributed by atoms with E-state index < -0.39 is 17.4 Å². The van der Waals surface area contributed by atoms with Crippen LogP contribution in [0.15, 0.2) is 47.4 Å². The largest absolute Gasteiger partial charge is 0.396 e. The zero-order valence-electron chi connectivity index (χ0n) is 17.5. The van der Waals surface area contributed by atoms with Crippen LogP contribution < -0.4 is 21.9 Å². The molecular weight excluding hydrogens is 416 g/mol. The molecule has 0 saturated heterocycles. The lowest BCUT2D eigenvalue weighted by molar-refractivity contribution is -0.124. The molecule has 0 spiro atoms. The number of halogens is 2. The van der Waals surface area contributed by atoms with E-state index in [0.717, 1.165) is 5.56 Å². The van der Waals surface area contributed by atoms with Crippen molar-refractivity contribution in [1.82, 2.24) is 14.9 Å². The maximum atomic E-state index is 13.6. The summed E-state index contributed by atoms with van der Waals surface area (Å²) in [7, 11) is 0. The number of benzene rings is 2. The summed E-state index contributed by atoms with van der Waals surface area (Å²) in [5, 5.41) is 5.70. The number of rotatable bonds is 6. The van der Waals surface area contributed by atoms with Gasteiger partial charge in [-0.25, -0.2) is 13.8 Å². The minimum absolute atomic E-state index is 0.0391. The van der Waals surface area contributed by atoms with Gasteiger partial charge in [-0.15, -0.1) is 0 Å². The average molecular weight is 439 g/mol. The fourth-order valence-corrected chi connectivity index (χ4v) is 3.90. The van der Waals surface area contributed by atoms with E-state index in [1.54, 1.807) is 19.2 Å². The number of nitrogens with one attached hydrogen (secondary N) is 2. The van der Waals surface area contributed by atoms with Crippen LogP contribution in [-0.4, -0.2) is 15.5 Å². The van der Waals surface area contributed by atoms with Gasteiger partial charge in [-0.3, -0.25) is 14.2 Å². The molecule has 0 radical (unpaired) electrons. The number of nitrogen functional groups attached to an aromatic ring is 1. The van der Waals surface area contributed by atoms with Crippen LogP contribution in [0.1, 0.15) is 34.8 Å². The van der Waals surface area contributed by atoms with E-state index in [1.807, 2.05) is 6.07 Å². The fourth-order valence-electron chi connectivity index (χ4n) is 3.90. The molecule has 3 aromatic rings. The van der Waals surface area contributed by atoms with E-state index in [0.29, 0.717) is 29.7 Å². The number of nitrogens with two attached hydrogens (primary N) is 1. The molecule has 0 aliphatic carbocycles. The van der Waals surface area contributed by atoms with E-state index >= 15 is 0 Å². The summed E-state index contributed by atoms with van der Waals surface area (Å²) in [6.07, 6.45) is 2.58. The predicted molar refractivity (Wildman–Crippen MR) is 117 cm³/mol. The van der Waals surface area contributed by atoms with Crippen molar-refractivity contribution in [3.8, 4) is 0 Å². The first-order chi connectivity index (χ1) is 15.3. The van der Waals surface area contributed by atoms with Crippen molar-refractivity contribution >= 4 is 17.4 Å². The van der Waals surface area contributed by atoms with E-state index in [4.69, 9.17) is 5.73 Å². The Labute approximate surface area is 183 Å². The van der Waals surface area contributed by atoms with Gasteiger partial charge in [0.05, 0.1) is 5.69 Å². The number of carbonyl (C=O) groups is 1. The monoisotopic (exact) mass is 439 g/mol. The molecule has 32 heavy (non-hydrogen) atoms. The highest BCUT2D eigenvalue weighted by Gasteiger charge is 2.30. The molecule has 2 heterocycles. The van der Waals surface area contributed by atoms with Gasteiger partial charge < -0.3 is 16.4 Å². The third-order valence-electron chi connectivity index (χ3n) is 5.46. The maximum Gasteiger partial charge on any atom is 0.294 e. The molecule has 1 aliphatic rings. The summed E-state index contributed by atoms with van der Waals surface area (Å²) in [6.45, 7) is 2.13. The van der Waals surface area contributed by atoms with Gasteiger partial charge in [-0.2, -0.15) is 0 Å². The SMILES string of the molecule is Cc1cc(F)cc(CNc2ncc3n(c2=O)[C@H](C(=O)NCc2ccc(N)c(F)c2)CC3)c1. The van der Waals surface area contributed by atoms with Gasteiger partial charge in [0, 0.05) is 25.0 Å². The highest BCUT2D eigenvalue weighted by molar-refractivity contribution is 5.81. The first-order valence-corrected chi connectivity index (χ1v) is 10.2. The second kappa shape index (κ2) is 8.78. The molecular formula is C23H23F2N5O2. The number of amides is 1. The van der Waals surface area contributed by atoms with Crippen LogP contribution in [0.4, 0.5) is 20.3 Å². The van der Waals surface area contributed by atoms with Gasteiger partial charge in [-0.1, -0.05) is 12.1 Å². The third-order valence-corrected chi connectivity index (χ3v) is 5.46. The first-order valence-electron chi connectivity index (χ1n) is 10.2. The lowest BCUT2D eigenvalue weighted by Gasteiger charge is -2.16. The Morgan fingerprint density at radius 3 is 2.75 bits per heavy atom. The number of hydrogen-bond acceptors (Lipinski definition) is 5. The molecule has 1 aliphatic heterocycles. The number of aryl methyl sites for hydroxylation is 2. The molecule has 0 fully saturated rings. The summed E-state index contributed by atoms with van der Waals surface area (Å²) < 4.78 is 28.7. The van der Waals surface area contributed by atoms with E-state index in [9.17, 15) is 18.4 Å². The van der Waals surface area contributed by atoms with Gasteiger partial charge in [0.1, 0.15) is 17.7 Å². The standard InChI is InChI=1S/C23H23F2N5O2/c1-13-6-15(8-16(24)7-13)11-27-21-23(32)30-17(12-28-21)3-5-20(30)22(31)29-10-14-2-4-19(26)18(25)9-14/h2,4,6-9,12,20H,3,5,10-11,26H2,1H3,(H,27,28)(H,29,31)/t20-/m0/s1. The van der Waals surface area contributed by atoms with Gasteiger partial charge in [0.15, 0.2) is 5.82 Å². The molecule has 2 aromatic carbocycles. The molecule has 0 unspecified atom stereocenters. The molecule has 4 N–H and O–H groups in total. The molecule has 4 rings (SSSR count). The molecule has 9 heteroatoms. The quantitative estimate of drug-likeness (QED) is 0.513. The highest BCUT2D eigenvalue weighted by atomic mass is 19.1. The average Bonchev–Trinajstić information content (AvgIpc) is 3.18. The van der Waals surface area contributed by atoms with Crippen LogP contribution in [-0.2, 0) is 24.3 Å². The Balaban J connectivity index is 1.48. The van der Waals surface area contributed by atoms with E-state index in [-0.39, 0.29) is 36.3 Å². The second-order valence-electron chi connectivity index (χ2n) is 7.89. The predicted octanol–water partition coefficient (Wildman–Crippen LogP) is 2.83. The summed E-state index contributed by atoms with van der Waals surface area (Å²) in [5.41, 5.74) is 7.79. The van der Waals surface area contributed by atoms with Gasteiger partial charge in [0.25, 0.3) is 5.56 Å². The smallest absolute Gasteiger partial charge is 0.294 e. The minimum atomic E-state index is -0.684. The molecule has 1 amide bonds. The highest BCUT2D eigenvalue weighted by Crippen LogP contribution is 2.24. The molecule has 7 nitrogen and oxygen atoms in total. The van der Waals surface area contributed by atoms with Crippen LogP contribution in [0.2, 0.25) is 0 Å². The van der Waals surface area contributed by atoms with E-state index in [2.05, 4.69) is 15.6 Å². The molecule has 1 aromatic heterocycles. The van der Waals surface area contributed by atoms with Crippen molar-refractivity contribution in [3.05, 3.63) is 87.0 Å². The zero-order valence-corrected chi connectivity index (χ0v) is 17.5. The van der Waals surface area contributed by atoms with Crippen molar-refractivity contribution in [1.29, 1.82) is 0 Å². The van der Waals surface area contributed by atoms with Crippen molar-refractivity contribution in [2.75, 3.05) is 11.1 Å². The minimum Gasteiger partial charge on any atom is -0.396 e. The second-order valence-corrected chi connectivity index (χ2v) is 7.89. The number of carbonyl (C=O) groups excluding carboxylic acids is 1. The van der Waals surface area contributed by atoms with Gasteiger partial charge >= 0.3 is 0 Å².